The summed E-state index contributed by atoms with van der Waals surface area (Å²) >= 11 is 0. The number of carbonyl (C=O) groups is 3. The minimum absolute atomic E-state index is 0.254. The van der Waals surface area contributed by atoms with Gasteiger partial charge in [-0.2, -0.15) is 0 Å². The molecule has 0 bridgehead atoms. The quantitative estimate of drug-likeness (QED) is 0.561. The second-order valence-electron chi connectivity index (χ2n) is 9.18. The highest BCUT2D eigenvalue weighted by Gasteiger charge is 2.23. The van der Waals surface area contributed by atoms with E-state index in [1.807, 2.05) is 52.1 Å². The van der Waals surface area contributed by atoms with Gasteiger partial charge in [-0.1, -0.05) is 18.2 Å². The lowest BCUT2D eigenvalue weighted by molar-refractivity contribution is 0.0286. The summed E-state index contributed by atoms with van der Waals surface area (Å²) in [6, 6.07) is 12.0. The average Bonchev–Trinajstić information content (AvgIpc) is 2.75. The number of likely N-dealkylation sites (N-methyl/N-ethyl adjacent to an activating group) is 2. The maximum absolute atomic E-state index is 12.1. The highest BCUT2D eigenvalue weighted by molar-refractivity contribution is 6.06. The van der Waals surface area contributed by atoms with Crippen molar-refractivity contribution in [2.45, 2.75) is 32.9 Å². The first-order valence-corrected chi connectivity index (χ1v) is 10.8. The van der Waals surface area contributed by atoms with Gasteiger partial charge < -0.3 is 29.6 Å². The first kappa shape index (κ1) is 26.7. The third kappa shape index (κ3) is 7.21. The minimum Gasteiger partial charge on any atom is -0.478 e. The van der Waals surface area contributed by atoms with E-state index in [0.717, 1.165) is 11.3 Å². The van der Waals surface area contributed by atoms with Crippen molar-refractivity contribution in [1.29, 1.82) is 0 Å². The van der Waals surface area contributed by atoms with Crippen molar-refractivity contribution in [2.24, 2.45) is 0 Å². The Hall–Kier alpha value is -3.59. The number of carboxylic acids is 2. The largest absolute Gasteiger partial charge is 0.478 e. The van der Waals surface area contributed by atoms with Gasteiger partial charge in [-0.05, 0) is 57.6 Å². The number of amides is 1. The van der Waals surface area contributed by atoms with E-state index in [1.54, 1.807) is 30.0 Å². The molecule has 9 nitrogen and oxygen atoms in total. The van der Waals surface area contributed by atoms with Crippen molar-refractivity contribution in [2.75, 3.05) is 39.1 Å². The van der Waals surface area contributed by atoms with Crippen LogP contribution in [0.3, 0.4) is 0 Å². The average molecular weight is 472 g/mol. The van der Waals surface area contributed by atoms with E-state index in [9.17, 15) is 24.6 Å². The maximum Gasteiger partial charge on any atom is 0.410 e. The Morgan fingerprint density at radius 3 is 2.03 bits per heavy atom. The summed E-state index contributed by atoms with van der Waals surface area (Å²) < 4.78 is 5.36. The molecule has 0 saturated carbocycles. The number of aromatic carboxylic acids is 2. The van der Waals surface area contributed by atoms with Crippen LogP contribution in [0, 0.1) is 0 Å². The molecular formula is C25H33N3O6. The molecule has 0 aliphatic heterocycles. The summed E-state index contributed by atoms with van der Waals surface area (Å²) in [5.74, 6) is -2.59. The van der Waals surface area contributed by atoms with E-state index in [4.69, 9.17) is 4.74 Å². The number of anilines is 2. The summed E-state index contributed by atoms with van der Waals surface area (Å²) in [4.78, 5) is 40.6. The Bertz CT molecular complexity index is 1030. The highest BCUT2D eigenvalue weighted by atomic mass is 16.6. The van der Waals surface area contributed by atoms with Crippen LogP contribution in [-0.4, -0.2) is 77.9 Å². The zero-order valence-corrected chi connectivity index (χ0v) is 20.5. The molecule has 2 rings (SSSR count). The van der Waals surface area contributed by atoms with Crippen LogP contribution < -0.4 is 4.90 Å². The van der Waals surface area contributed by atoms with Crippen LogP contribution >= 0.6 is 0 Å². The van der Waals surface area contributed by atoms with Crippen LogP contribution in [0.2, 0.25) is 0 Å². The number of carbonyl (C=O) groups excluding carboxylic acids is 1. The van der Waals surface area contributed by atoms with E-state index in [1.165, 1.54) is 12.1 Å². The molecule has 0 saturated heterocycles. The fraction of sp³-hybridized carbons (Fsp3) is 0.400. The molecule has 2 N–H and O–H groups in total. The van der Waals surface area contributed by atoms with E-state index < -0.39 is 17.5 Å². The fourth-order valence-corrected chi connectivity index (χ4v) is 3.33. The van der Waals surface area contributed by atoms with Gasteiger partial charge in [0, 0.05) is 39.4 Å². The summed E-state index contributed by atoms with van der Waals surface area (Å²) in [5, 5.41) is 18.9. The molecule has 0 heterocycles. The van der Waals surface area contributed by atoms with Crippen molar-refractivity contribution >= 4 is 29.4 Å². The Balaban J connectivity index is 2.04. The second kappa shape index (κ2) is 11.0. The number of rotatable bonds is 9. The third-order valence-electron chi connectivity index (χ3n) is 5.15. The van der Waals surface area contributed by atoms with Crippen molar-refractivity contribution in [3.63, 3.8) is 0 Å². The van der Waals surface area contributed by atoms with Crippen molar-refractivity contribution in [3.8, 4) is 0 Å². The van der Waals surface area contributed by atoms with Gasteiger partial charge in [0.25, 0.3) is 0 Å². The summed E-state index contributed by atoms with van der Waals surface area (Å²) in [6.07, 6.45) is -0.360. The first-order valence-electron chi connectivity index (χ1n) is 10.8. The second-order valence-corrected chi connectivity index (χ2v) is 9.18. The number of nitrogens with zero attached hydrogens (tertiary/aromatic N) is 3. The molecule has 2 aromatic rings. The number of carboxylic acid groups (broad SMARTS) is 2. The Kier molecular flexibility index (Phi) is 8.64. The number of benzene rings is 2. The van der Waals surface area contributed by atoms with E-state index in [0.29, 0.717) is 25.3 Å². The summed E-state index contributed by atoms with van der Waals surface area (Å²) in [5.41, 5.74) is 1.01. The molecule has 0 aliphatic carbocycles. The first-order chi connectivity index (χ1) is 15.8. The zero-order chi connectivity index (χ0) is 25.6. The summed E-state index contributed by atoms with van der Waals surface area (Å²) in [6.45, 7) is 7.32. The molecular weight excluding hydrogens is 438 g/mol. The normalized spacial score (nSPS) is 11.3. The van der Waals surface area contributed by atoms with Crippen molar-refractivity contribution < 1.29 is 29.3 Å². The molecule has 0 aliphatic rings. The highest BCUT2D eigenvalue weighted by Crippen LogP contribution is 2.30. The lowest BCUT2D eigenvalue weighted by Crippen LogP contribution is -2.38. The van der Waals surface area contributed by atoms with E-state index in [2.05, 4.69) is 4.90 Å². The summed E-state index contributed by atoms with van der Waals surface area (Å²) in [7, 11) is 5.36. The Morgan fingerprint density at radius 1 is 0.882 bits per heavy atom. The van der Waals surface area contributed by atoms with Gasteiger partial charge >= 0.3 is 18.0 Å². The SMILES string of the molecule is CN(CCN(C)C(=O)OC(C)(C)C)Cc1ccc(N(C)c2cccc(C(=O)O)c2C(=O)O)cc1. The minimum atomic E-state index is -1.30. The smallest absolute Gasteiger partial charge is 0.410 e. The lowest BCUT2D eigenvalue weighted by Gasteiger charge is -2.26. The van der Waals surface area contributed by atoms with Crippen LogP contribution in [0.25, 0.3) is 0 Å². The topological polar surface area (TPSA) is 111 Å². The number of ether oxygens (including phenoxy) is 1. The number of hydrogen-bond donors (Lipinski definition) is 2. The van der Waals surface area contributed by atoms with Crippen LogP contribution in [-0.2, 0) is 11.3 Å². The molecule has 0 radical (unpaired) electrons. The molecule has 0 unspecified atom stereocenters. The monoisotopic (exact) mass is 471 g/mol. The van der Waals surface area contributed by atoms with Crippen LogP contribution in [0.4, 0.5) is 16.2 Å². The van der Waals surface area contributed by atoms with Crippen molar-refractivity contribution in [3.05, 3.63) is 59.2 Å². The van der Waals surface area contributed by atoms with Gasteiger partial charge in [0.2, 0.25) is 0 Å². The lowest BCUT2D eigenvalue weighted by atomic mass is 10.0. The molecule has 0 fully saturated rings. The molecule has 1 amide bonds. The van der Waals surface area contributed by atoms with E-state index in [-0.39, 0.29) is 17.2 Å². The van der Waals surface area contributed by atoms with Crippen molar-refractivity contribution in [1.82, 2.24) is 9.80 Å². The van der Waals surface area contributed by atoms with Gasteiger partial charge in [-0.25, -0.2) is 14.4 Å². The predicted octanol–water partition coefficient (Wildman–Crippen LogP) is 4.15. The predicted molar refractivity (Wildman–Crippen MR) is 130 cm³/mol. The van der Waals surface area contributed by atoms with Gasteiger partial charge in [-0.15, -0.1) is 0 Å². The molecule has 0 aromatic heterocycles. The Labute approximate surface area is 200 Å². The molecule has 0 atom stereocenters. The molecule has 9 heteroatoms. The van der Waals surface area contributed by atoms with E-state index >= 15 is 0 Å². The maximum atomic E-state index is 12.1. The standard InChI is InChI=1S/C25H33N3O6/c1-25(2,3)34-24(33)27(5)15-14-26(4)16-17-10-12-18(13-11-17)28(6)20-9-7-8-19(22(29)30)21(20)23(31)32/h7-13H,14-16H2,1-6H3,(H,29,30)(H,31,32). The van der Waals surface area contributed by atoms with Crippen LogP contribution in [0.15, 0.2) is 42.5 Å². The molecule has 34 heavy (non-hydrogen) atoms. The molecule has 184 valence electrons. The third-order valence-corrected chi connectivity index (χ3v) is 5.15. The fourth-order valence-electron chi connectivity index (χ4n) is 3.33. The van der Waals surface area contributed by atoms with Gasteiger partial charge in [-0.3, -0.25) is 0 Å². The molecule has 0 spiro atoms. The van der Waals surface area contributed by atoms with Gasteiger partial charge in [0.1, 0.15) is 5.60 Å². The zero-order valence-electron chi connectivity index (χ0n) is 20.5. The van der Waals surface area contributed by atoms with Gasteiger partial charge in [0.05, 0.1) is 16.8 Å². The number of hydrogen-bond acceptors (Lipinski definition) is 6. The van der Waals surface area contributed by atoms with Crippen LogP contribution in [0.1, 0.15) is 47.1 Å². The molecule has 2 aromatic carbocycles. The Morgan fingerprint density at radius 2 is 1.50 bits per heavy atom. The van der Waals surface area contributed by atoms with Gasteiger partial charge in [0.15, 0.2) is 0 Å². The van der Waals surface area contributed by atoms with Crippen LogP contribution in [0.5, 0.6) is 0 Å².